The predicted octanol–water partition coefficient (Wildman–Crippen LogP) is 6.37. The quantitative estimate of drug-likeness (QED) is 0.257. The number of nitrogens with zero attached hydrogens (tertiary/aromatic N) is 4. The van der Waals surface area contributed by atoms with Gasteiger partial charge in [0.1, 0.15) is 0 Å². The molecule has 1 saturated heterocycles. The number of aryl methyl sites for hydroxylation is 1. The molecule has 0 unspecified atom stereocenters. The minimum Gasteiger partial charge on any atom is -0.351 e. The van der Waals surface area contributed by atoms with Gasteiger partial charge in [0, 0.05) is 48.1 Å². The molecule has 39 heavy (non-hydrogen) atoms. The summed E-state index contributed by atoms with van der Waals surface area (Å²) in [5.41, 5.74) is 6.95. The van der Waals surface area contributed by atoms with Gasteiger partial charge in [-0.1, -0.05) is 31.5 Å². The van der Waals surface area contributed by atoms with Crippen molar-refractivity contribution in [2.24, 2.45) is 5.92 Å². The zero-order valence-corrected chi connectivity index (χ0v) is 23.9. The van der Waals surface area contributed by atoms with Crippen molar-refractivity contribution in [3.8, 4) is 0 Å². The van der Waals surface area contributed by atoms with Gasteiger partial charge in [0.25, 0.3) is 0 Å². The summed E-state index contributed by atoms with van der Waals surface area (Å²) < 4.78 is 2.32. The van der Waals surface area contributed by atoms with Crippen molar-refractivity contribution in [3.63, 3.8) is 0 Å². The van der Waals surface area contributed by atoms with Gasteiger partial charge in [-0.2, -0.15) is 0 Å². The maximum atomic E-state index is 12.3. The van der Waals surface area contributed by atoms with E-state index in [-0.39, 0.29) is 23.9 Å². The third-order valence-corrected chi connectivity index (χ3v) is 7.76. The number of carbonyl (C=O) groups excluding carboxylic acids is 1. The van der Waals surface area contributed by atoms with Crippen molar-refractivity contribution in [3.05, 3.63) is 106 Å². The van der Waals surface area contributed by atoms with E-state index in [1.54, 1.807) is 6.20 Å². The van der Waals surface area contributed by atoms with Crippen molar-refractivity contribution in [1.29, 1.82) is 0 Å². The number of aromatic nitrogens is 3. The van der Waals surface area contributed by atoms with Crippen LogP contribution < -0.4 is 15.5 Å². The Morgan fingerprint density at radius 3 is 2.54 bits per heavy atom. The number of hydrogen-bond donors (Lipinski definition) is 2. The first-order valence-electron chi connectivity index (χ1n) is 12.9. The first-order valence-corrected chi connectivity index (χ1v) is 13.7. The fourth-order valence-electron chi connectivity index (χ4n) is 5.02. The molecule has 2 atom stereocenters. The second kappa shape index (κ2) is 11.2. The number of rotatable bonds is 7. The number of nitrogens with one attached hydrogen (secondary N) is 2. The Morgan fingerprint density at radius 2 is 1.87 bits per heavy atom. The van der Waals surface area contributed by atoms with E-state index < -0.39 is 0 Å². The lowest BCUT2D eigenvalue weighted by Gasteiger charge is -2.28. The molecule has 1 fully saturated rings. The summed E-state index contributed by atoms with van der Waals surface area (Å²) in [5.74, 6) is -0.236. The van der Waals surface area contributed by atoms with E-state index in [0.29, 0.717) is 15.8 Å². The predicted molar refractivity (Wildman–Crippen MR) is 160 cm³/mol. The lowest BCUT2D eigenvalue weighted by molar-refractivity contribution is -0.118. The van der Waals surface area contributed by atoms with Crippen LogP contribution in [0.3, 0.4) is 0 Å². The molecule has 0 aliphatic carbocycles. The van der Waals surface area contributed by atoms with Gasteiger partial charge in [0.15, 0.2) is 5.11 Å². The van der Waals surface area contributed by atoms with Crippen LogP contribution in [0, 0.1) is 19.8 Å². The molecular formula is C30H31ClN6OS. The maximum absolute atomic E-state index is 12.3. The molecule has 9 heteroatoms. The lowest BCUT2D eigenvalue weighted by Crippen LogP contribution is -2.29. The summed E-state index contributed by atoms with van der Waals surface area (Å²) >= 11 is 12.6. The third kappa shape index (κ3) is 5.40. The van der Waals surface area contributed by atoms with Gasteiger partial charge in [-0.25, -0.2) is 0 Å². The zero-order chi connectivity index (χ0) is 27.7. The normalized spacial score (nSPS) is 17.0. The number of benzene rings is 1. The Labute approximate surface area is 239 Å². The highest BCUT2D eigenvalue weighted by Gasteiger charge is 2.42. The van der Waals surface area contributed by atoms with E-state index in [1.807, 2.05) is 74.8 Å². The van der Waals surface area contributed by atoms with Crippen molar-refractivity contribution < 1.29 is 4.79 Å². The van der Waals surface area contributed by atoms with Crippen LogP contribution in [0.2, 0.25) is 5.02 Å². The summed E-state index contributed by atoms with van der Waals surface area (Å²) in [6.07, 6.45) is 5.44. The molecular weight excluding hydrogens is 528 g/mol. The average molecular weight is 559 g/mol. The van der Waals surface area contributed by atoms with Crippen LogP contribution in [0.25, 0.3) is 0 Å². The molecule has 5 rings (SSSR count). The Kier molecular flexibility index (Phi) is 7.68. The summed E-state index contributed by atoms with van der Waals surface area (Å²) in [6, 6.07) is 17.5. The molecule has 2 N–H and O–H groups in total. The SMILES string of the molecule is Cc1cc([C@@H]2[C@H](c3ccccn3)NC(=S)N2c2ccc(NC(=O)C(C)C)c(Cl)c2)c(C)n1Cc1ccncc1. The molecule has 0 bridgehead atoms. The Morgan fingerprint density at radius 1 is 1.10 bits per heavy atom. The van der Waals surface area contributed by atoms with Gasteiger partial charge in [0.2, 0.25) is 5.91 Å². The fraction of sp³-hybridized carbons (Fsp3) is 0.267. The molecule has 7 nitrogen and oxygen atoms in total. The molecule has 1 aromatic carbocycles. The van der Waals surface area contributed by atoms with E-state index in [0.717, 1.165) is 34.9 Å². The Balaban J connectivity index is 1.57. The standard InChI is InChI=1S/C30H31ClN6OS/c1-18(2)29(38)34-25-9-8-22(16-24(25)31)37-28(27(35-30(37)39)26-7-5-6-12-33-26)23-15-19(3)36(20(23)4)17-21-10-13-32-14-11-21/h5-16,18,27-28H,17H2,1-4H3,(H,34,38)(H,35,39)/t27-,28+/m0/s1. The van der Waals surface area contributed by atoms with Crippen molar-refractivity contribution in [2.75, 3.05) is 10.2 Å². The fourth-order valence-corrected chi connectivity index (χ4v) is 5.59. The molecule has 4 heterocycles. The number of anilines is 2. The molecule has 4 aromatic rings. The lowest BCUT2D eigenvalue weighted by atomic mass is 9.96. The van der Waals surface area contributed by atoms with E-state index in [1.165, 1.54) is 5.56 Å². The van der Waals surface area contributed by atoms with Crippen LogP contribution in [-0.2, 0) is 11.3 Å². The zero-order valence-electron chi connectivity index (χ0n) is 22.4. The summed E-state index contributed by atoms with van der Waals surface area (Å²) in [6.45, 7) is 8.71. The average Bonchev–Trinajstić information content (AvgIpc) is 3.41. The first-order chi connectivity index (χ1) is 18.7. The molecule has 1 aliphatic rings. The van der Waals surface area contributed by atoms with Crippen molar-refractivity contribution in [1.82, 2.24) is 19.9 Å². The molecule has 0 saturated carbocycles. The molecule has 1 amide bonds. The van der Waals surface area contributed by atoms with E-state index >= 15 is 0 Å². The molecule has 3 aromatic heterocycles. The van der Waals surface area contributed by atoms with Crippen LogP contribution in [0.15, 0.2) is 73.2 Å². The highest BCUT2D eigenvalue weighted by atomic mass is 35.5. The van der Waals surface area contributed by atoms with Gasteiger partial charge in [-0.3, -0.25) is 14.8 Å². The van der Waals surface area contributed by atoms with E-state index in [2.05, 4.69) is 50.0 Å². The summed E-state index contributed by atoms with van der Waals surface area (Å²) in [4.78, 5) is 23.2. The highest BCUT2D eigenvalue weighted by molar-refractivity contribution is 7.80. The Bertz CT molecular complexity index is 1500. The van der Waals surface area contributed by atoms with Gasteiger partial charge in [-0.05, 0) is 85.7 Å². The number of pyridine rings is 2. The maximum Gasteiger partial charge on any atom is 0.226 e. The van der Waals surface area contributed by atoms with Gasteiger partial charge >= 0.3 is 0 Å². The second-order valence-electron chi connectivity index (χ2n) is 10.1. The number of thiocarbonyl (C=S) groups is 1. The molecule has 200 valence electrons. The topological polar surface area (TPSA) is 75.1 Å². The third-order valence-electron chi connectivity index (χ3n) is 7.13. The largest absolute Gasteiger partial charge is 0.351 e. The number of amides is 1. The monoisotopic (exact) mass is 558 g/mol. The minimum absolute atomic E-state index is 0.0854. The first kappa shape index (κ1) is 26.8. The van der Waals surface area contributed by atoms with Crippen molar-refractivity contribution >= 4 is 46.2 Å². The molecule has 0 spiro atoms. The smallest absolute Gasteiger partial charge is 0.226 e. The minimum atomic E-state index is -0.173. The number of hydrogen-bond acceptors (Lipinski definition) is 4. The molecule has 1 aliphatic heterocycles. The summed E-state index contributed by atoms with van der Waals surface area (Å²) in [7, 11) is 0. The van der Waals surface area contributed by atoms with Gasteiger partial charge in [0.05, 0.1) is 28.5 Å². The highest BCUT2D eigenvalue weighted by Crippen LogP contribution is 2.44. The van der Waals surface area contributed by atoms with Crippen LogP contribution in [0.4, 0.5) is 11.4 Å². The summed E-state index contributed by atoms with van der Waals surface area (Å²) in [5, 5.41) is 7.46. The van der Waals surface area contributed by atoms with Crippen LogP contribution in [0.5, 0.6) is 0 Å². The second-order valence-corrected chi connectivity index (χ2v) is 10.9. The van der Waals surface area contributed by atoms with Crippen LogP contribution >= 0.6 is 23.8 Å². The van der Waals surface area contributed by atoms with Crippen molar-refractivity contribution in [2.45, 2.75) is 46.3 Å². The van der Waals surface area contributed by atoms with Gasteiger partial charge in [-0.15, -0.1) is 0 Å². The van der Waals surface area contributed by atoms with E-state index in [4.69, 9.17) is 23.8 Å². The van der Waals surface area contributed by atoms with Gasteiger partial charge < -0.3 is 20.1 Å². The number of halogens is 1. The van der Waals surface area contributed by atoms with Crippen LogP contribution in [-0.4, -0.2) is 25.6 Å². The number of carbonyl (C=O) groups is 1. The Hall–Kier alpha value is -3.75. The molecule has 0 radical (unpaired) electrons. The van der Waals surface area contributed by atoms with Crippen LogP contribution in [0.1, 0.15) is 54.1 Å². The van der Waals surface area contributed by atoms with E-state index in [9.17, 15) is 4.79 Å².